The largest absolute Gasteiger partial charge is 0.478 e. The summed E-state index contributed by atoms with van der Waals surface area (Å²) in [6.07, 6.45) is 0.873. The van der Waals surface area contributed by atoms with Crippen molar-refractivity contribution in [2.75, 3.05) is 5.32 Å². The second-order valence-electron chi connectivity index (χ2n) is 4.62. The van der Waals surface area contributed by atoms with Crippen molar-refractivity contribution in [2.24, 2.45) is 7.05 Å². The first kappa shape index (κ1) is 13.1. The number of carboxylic acids is 1. The Kier molecular flexibility index (Phi) is 3.45. The number of aryl methyl sites for hydroxylation is 1. The topological polar surface area (TPSA) is 80.6 Å². The Hall–Kier alpha value is -1.98. The van der Waals surface area contributed by atoms with Crippen molar-refractivity contribution < 1.29 is 19.4 Å². The van der Waals surface area contributed by atoms with Crippen LogP contribution in [0.3, 0.4) is 0 Å². The number of carbonyl (C=O) groups excluding carboxylic acids is 1. The van der Waals surface area contributed by atoms with E-state index in [1.54, 1.807) is 34.0 Å². The van der Waals surface area contributed by atoms with Crippen LogP contribution in [0.15, 0.2) is 12.3 Å². The first-order valence-corrected chi connectivity index (χ1v) is 5.09. The predicted molar refractivity (Wildman–Crippen MR) is 62.2 cm³/mol. The minimum Gasteiger partial charge on any atom is -0.478 e. The van der Waals surface area contributed by atoms with Gasteiger partial charge in [0.25, 0.3) is 0 Å². The number of rotatable bonds is 2. The van der Waals surface area contributed by atoms with Gasteiger partial charge in [-0.1, -0.05) is 0 Å². The molecule has 1 aromatic heterocycles. The summed E-state index contributed by atoms with van der Waals surface area (Å²) >= 11 is 0. The molecule has 0 aliphatic heterocycles. The van der Waals surface area contributed by atoms with Crippen LogP contribution in [0, 0.1) is 0 Å². The highest BCUT2D eigenvalue weighted by Gasteiger charge is 2.20. The van der Waals surface area contributed by atoms with E-state index in [2.05, 4.69) is 5.32 Å². The number of aromatic nitrogens is 1. The molecule has 1 rings (SSSR count). The SMILES string of the molecule is Cn1ccc(C(=O)O)c1NC(=O)OC(C)(C)C. The number of hydrogen-bond donors (Lipinski definition) is 2. The van der Waals surface area contributed by atoms with E-state index in [-0.39, 0.29) is 11.4 Å². The van der Waals surface area contributed by atoms with Crippen molar-refractivity contribution in [3.8, 4) is 0 Å². The summed E-state index contributed by atoms with van der Waals surface area (Å²) in [6, 6.07) is 1.41. The smallest absolute Gasteiger partial charge is 0.413 e. The van der Waals surface area contributed by atoms with Gasteiger partial charge in [0.05, 0.1) is 0 Å². The number of hydrogen-bond acceptors (Lipinski definition) is 3. The van der Waals surface area contributed by atoms with E-state index in [9.17, 15) is 9.59 Å². The average molecular weight is 240 g/mol. The van der Waals surface area contributed by atoms with Crippen molar-refractivity contribution in [3.05, 3.63) is 17.8 Å². The van der Waals surface area contributed by atoms with Crippen LogP contribution in [0.2, 0.25) is 0 Å². The highest BCUT2D eigenvalue weighted by Crippen LogP contribution is 2.17. The fourth-order valence-corrected chi connectivity index (χ4v) is 1.26. The summed E-state index contributed by atoms with van der Waals surface area (Å²) in [7, 11) is 1.64. The van der Waals surface area contributed by atoms with Gasteiger partial charge >= 0.3 is 12.1 Å². The molecule has 1 aromatic rings. The molecule has 1 heterocycles. The number of carboxylic acid groups (broad SMARTS) is 1. The fourth-order valence-electron chi connectivity index (χ4n) is 1.26. The molecule has 6 heteroatoms. The van der Waals surface area contributed by atoms with E-state index >= 15 is 0 Å². The molecule has 6 nitrogen and oxygen atoms in total. The second kappa shape index (κ2) is 4.48. The van der Waals surface area contributed by atoms with E-state index < -0.39 is 17.7 Å². The summed E-state index contributed by atoms with van der Waals surface area (Å²) < 4.78 is 6.55. The first-order chi connectivity index (χ1) is 7.70. The lowest BCUT2D eigenvalue weighted by molar-refractivity contribution is 0.0635. The van der Waals surface area contributed by atoms with Crippen molar-refractivity contribution in [1.29, 1.82) is 0 Å². The number of amides is 1. The Morgan fingerprint density at radius 2 is 2.00 bits per heavy atom. The lowest BCUT2D eigenvalue weighted by Gasteiger charge is -2.20. The van der Waals surface area contributed by atoms with E-state index in [1.807, 2.05) is 0 Å². The lowest BCUT2D eigenvalue weighted by Crippen LogP contribution is -2.28. The fraction of sp³-hybridized carbons (Fsp3) is 0.455. The van der Waals surface area contributed by atoms with Gasteiger partial charge in [-0.25, -0.2) is 9.59 Å². The van der Waals surface area contributed by atoms with Gasteiger partial charge in [-0.15, -0.1) is 0 Å². The number of nitrogens with one attached hydrogen (secondary N) is 1. The molecule has 0 saturated heterocycles. The summed E-state index contributed by atoms with van der Waals surface area (Å²) in [4.78, 5) is 22.4. The Morgan fingerprint density at radius 3 is 2.47 bits per heavy atom. The van der Waals surface area contributed by atoms with Gasteiger partial charge in [0.2, 0.25) is 0 Å². The average Bonchev–Trinajstić information content (AvgIpc) is 2.44. The number of aromatic carboxylic acids is 1. The van der Waals surface area contributed by atoms with Crippen molar-refractivity contribution in [2.45, 2.75) is 26.4 Å². The van der Waals surface area contributed by atoms with Crippen LogP contribution in [0.25, 0.3) is 0 Å². The van der Waals surface area contributed by atoms with Gasteiger partial charge in [0.15, 0.2) is 0 Å². The van der Waals surface area contributed by atoms with Crippen LogP contribution in [-0.4, -0.2) is 27.3 Å². The molecule has 17 heavy (non-hydrogen) atoms. The third-order valence-corrected chi connectivity index (χ3v) is 1.92. The molecule has 94 valence electrons. The Bertz CT molecular complexity index is 443. The van der Waals surface area contributed by atoms with Gasteiger partial charge in [0, 0.05) is 13.2 Å². The van der Waals surface area contributed by atoms with Gasteiger partial charge in [-0.05, 0) is 26.8 Å². The van der Waals surface area contributed by atoms with Gasteiger partial charge in [-0.3, -0.25) is 5.32 Å². The predicted octanol–water partition coefficient (Wildman–Crippen LogP) is 2.07. The quantitative estimate of drug-likeness (QED) is 0.829. The van der Waals surface area contributed by atoms with Crippen LogP contribution in [-0.2, 0) is 11.8 Å². The molecule has 0 radical (unpaired) electrons. The summed E-state index contributed by atoms with van der Waals surface area (Å²) in [5.41, 5.74) is -0.600. The highest BCUT2D eigenvalue weighted by molar-refractivity contribution is 5.97. The Labute approximate surface area is 99.2 Å². The molecule has 0 spiro atoms. The van der Waals surface area contributed by atoms with E-state index in [0.717, 1.165) is 0 Å². The molecule has 1 amide bonds. The van der Waals surface area contributed by atoms with Gasteiger partial charge < -0.3 is 14.4 Å². The maximum Gasteiger partial charge on any atom is 0.413 e. The van der Waals surface area contributed by atoms with Crippen LogP contribution in [0.5, 0.6) is 0 Å². The minimum absolute atomic E-state index is 0.0263. The third-order valence-electron chi connectivity index (χ3n) is 1.92. The monoisotopic (exact) mass is 240 g/mol. The standard InChI is InChI=1S/C11H16N2O4/c1-11(2,3)17-10(16)12-8-7(9(14)15)5-6-13(8)4/h5-6H,1-4H3,(H,12,16)(H,14,15). The zero-order chi connectivity index (χ0) is 13.2. The molecule has 2 N–H and O–H groups in total. The molecule has 0 aliphatic rings. The number of nitrogens with zero attached hydrogens (tertiary/aromatic N) is 1. The molecular weight excluding hydrogens is 224 g/mol. The maximum atomic E-state index is 11.5. The van der Waals surface area contributed by atoms with Crippen molar-refractivity contribution >= 4 is 17.9 Å². The van der Waals surface area contributed by atoms with Crippen LogP contribution < -0.4 is 5.32 Å². The normalized spacial score (nSPS) is 11.1. The lowest BCUT2D eigenvalue weighted by atomic mass is 10.2. The van der Waals surface area contributed by atoms with Crippen LogP contribution in [0.4, 0.5) is 10.6 Å². The van der Waals surface area contributed by atoms with Crippen molar-refractivity contribution in [1.82, 2.24) is 4.57 Å². The first-order valence-electron chi connectivity index (χ1n) is 5.09. The zero-order valence-electron chi connectivity index (χ0n) is 10.3. The van der Waals surface area contributed by atoms with Crippen molar-refractivity contribution in [3.63, 3.8) is 0 Å². The number of carbonyl (C=O) groups is 2. The highest BCUT2D eigenvalue weighted by atomic mass is 16.6. The molecular formula is C11H16N2O4. The second-order valence-corrected chi connectivity index (χ2v) is 4.62. The van der Waals surface area contributed by atoms with Crippen LogP contribution in [0.1, 0.15) is 31.1 Å². The molecule has 0 aliphatic carbocycles. The summed E-state index contributed by atoms with van der Waals surface area (Å²) in [6.45, 7) is 5.20. The molecule has 0 unspecified atom stereocenters. The molecule has 0 bridgehead atoms. The van der Waals surface area contributed by atoms with Crippen LogP contribution >= 0.6 is 0 Å². The van der Waals surface area contributed by atoms with E-state index in [0.29, 0.717) is 0 Å². The summed E-state index contributed by atoms with van der Waals surface area (Å²) in [5, 5.41) is 11.3. The number of ether oxygens (including phenoxy) is 1. The Morgan fingerprint density at radius 1 is 1.41 bits per heavy atom. The molecule has 0 saturated carbocycles. The maximum absolute atomic E-state index is 11.5. The Balaban J connectivity index is 2.85. The van der Waals surface area contributed by atoms with E-state index in [1.165, 1.54) is 10.6 Å². The molecule has 0 aromatic carbocycles. The molecule has 0 fully saturated rings. The van der Waals surface area contributed by atoms with Gasteiger partial charge in [0.1, 0.15) is 17.0 Å². The third kappa shape index (κ3) is 3.51. The van der Waals surface area contributed by atoms with Gasteiger partial charge in [-0.2, -0.15) is 0 Å². The minimum atomic E-state index is -1.10. The zero-order valence-corrected chi connectivity index (χ0v) is 10.3. The number of anilines is 1. The molecule has 0 atom stereocenters. The summed E-state index contributed by atoms with van der Waals surface area (Å²) in [5.74, 6) is -0.900. The van der Waals surface area contributed by atoms with E-state index in [4.69, 9.17) is 9.84 Å².